The molecular formula is C16H32N2. The van der Waals surface area contributed by atoms with Crippen molar-refractivity contribution in [1.82, 2.24) is 10.2 Å². The highest BCUT2D eigenvalue weighted by molar-refractivity contribution is 4.85. The van der Waals surface area contributed by atoms with E-state index in [0.717, 1.165) is 29.7 Å². The lowest BCUT2D eigenvalue weighted by atomic mass is 9.79. The van der Waals surface area contributed by atoms with Crippen LogP contribution < -0.4 is 5.32 Å². The van der Waals surface area contributed by atoms with Gasteiger partial charge in [-0.05, 0) is 56.0 Å². The summed E-state index contributed by atoms with van der Waals surface area (Å²) in [7, 11) is 0. The summed E-state index contributed by atoms with van der Waals surface area (Å²) in [5.41, 5.74) is 0. The first-order valence-corrected chi connectivity index (χ1v) is 7.99. The van der Waals surface area contributed by atoms with Crippen LogP contribution in [0.25, 0.3) is 0 Å². The zero-order chi connectivity index (χ0) is 13.1. The summed E-state index contributed by atoms with van der Waals surface area (Å²) < 4.78 is 0. The molecule has 4 atom stereocenters. The second-order valence-electron chi connectivity index (χ2n) is 7.39. The van der Waals surface area contributed by atoms with Gasteiger partial charge in [0.15, 0.2) is 0 Å². The molecule has 1 aliphatic heterocycles. The van der Waals surface area contributed by atoms with Crippen molar-refractivity contribution in [2.24, 2.45) is 23.7 Å². The summed E-state index contributed by atoms with van der Waals surface area (Å²) in [5.74, 6) is 3.44. The van der Waals surface area contributed by atoms with Crippen LogP contribution >= 0.6 is 0 Å². The minimum Gasteiger partial charge on any atom is -0.316 e. The van der Waals surface area contributed by atoms with Crippen LogP contribution in [0.3, 0.4) is 0 Å². The predicted octanol–water partition coefficient (Wildman–Crippen LogP) is 2.99. The highest BCUT2D eigenvalue weighted by Gasteiger charge is 2.30. The third-order valence-corrected chi connectivity index (χ3v) is 4.75. The van der Waals surface area contributed by atoms with Gasteiger partial charge in [0.1, 0.15) is 0 Å². The van der Waals surface area contributed by atoms with E-state index >= 15 is 0 Å². The molecule has 4 unspecified atom stereocenters. The van der Waals surface area contributed by atoms with Crippen molar-refractivity contribution in [1.29, 1.82) is 0 Å². The molecule has 1 saturated heterocycles. The van der Waals surface area contributed by atoms with Gasteiger partial charge in [0, 0.05) is 19.1 Å². The zero-order valence-electron chi connectivity index (χ0n) is 12.8. The van der Waals surface area contributed by atoms with E-state index in [2.05, 4.69) is 37.9 Å². The Kier molecular flexibility index (Phi) is 5.08. The van der Waals surface area contributed by atoms with Gasteiger partial charge in [0.05, 0.1) is 0 Å². The second kappa shape index (κ2) is 6.38. The van der Waals surface area contributed by atoms with Crippen LogP contribution in [-0.4, -0.2) is 37.1 Å². The van der Waals surface area contributed by atoms with Gasteiger partial charge in [-0.1, -0.05) is 27.7 Å². The summed E-state index contributed by atoms with van der Waals surface area (Å²) in [5, 5.41) is 3.60. The lowest BCUT2D eigenvalue weighted by Crippen LogP contribution is -2.49. The Morgan fingerprint density at radius 1 is 0.722 bits per heavy atom. The molecule has 0 aromatic heterocycles. The fourth-order valence-electron chi connectivity index (χ4n) is 4.08. The van der Waals surface area contributed by atoms with Gasteiger partial charge in [-0.3, -0.25) is 4.90 Å². The monoisotopic (exact) mass is 252 g/mol. The first-order valence-electron chi connectivity index (χ1n) is 7.99. The van der Waals surface area contributed by atoms with Gasteiger partial charge in [0.25, 0.3) is 0 Å². The third kappa shape index (κ3) is 3.96. The molecule has 2 fully saturated rings. The van der Waals surface area contributed by atoms with Crippen LogP contribution in [0.2, 0.25) is 0 Å². The van der Waals surface area contributed by atoms with Gasteiger partial charge in [-0.2, -0.15) is 0 Å². The molecule has 106 valence electrons. The highest BCUT2D eigenvalue weighted by Crippen LogP contribution is 2.32. The molecule has 2 heteroatoms. The van der Waals surface area contributed by atoms with Gasteiger partial charge < -0.3 is 5.32 Å². The zero-order valence-corrected chi connectivity index (χ0v) is 12.8. The van der Waals surface area contributed by atoms with Crippen molar-refractivity contribution in [2.45, 2.75) is 53.0 Å². The SMILES string of the molecule is CC1CC(C)CC(N2CC(C)CNCC(C)C2)C1. The molecule has 1 heterocycles. The number of nitrogens with one attached hydrogen (secondary N) is 1. The summed E-state index contributed by atoms with van der Waals surface area (Å²) in [6.45, 7) is 14.7. The quantitative estimate of drug-likeness (QED) is 0.772. The molecule has 0 radical (unpaired) electrons. The van der Waals surface area contributed by atoms with E-state index in [-0.39, 0.29) is 0 Å². The molecule has 2 nitrogen and oxygen atoms in total. The number of rotatable bonds is 1. The lowest BCUT2D eigenvalue weighted by Gasteiger charge is -2.42. The predicted molar refractivity (Wildman–Crippen MR) is 78.7 cm³/mol. The molecule has 1 aliphatic carbocycles. The van der Waals surface area contributed by atoms with E-state index < -0.39 is 0 Å². The molecule has 2 aliphatic rings. The van der Waals surface area contributed by atoms with Crippen molar-refractivity contribution in [3.8, 4) is 0 Å². The number of hydrogen-bond acceptors (Lipinski definition) is 2. The molecule has 0 amide bonds. The number of hydrogen-bond donors (Lipinski definition) is 1. The fourth-order valence-corrected chi connectivity index (χ4v) is 4.08. The van der Waals surface area contributed by atoms with Crippen LogP contribution in [0.5, 0.6) is 0 Å². The van der Waals surface area contributed by atoms with Crippen molar-refractivity contribution in [3.63, 3.8) is 0 Å². The molecule has 0 aromatic carbocycles. The summed E-state index contributed by atoms with van der Waals surface area (Å²) in [6.07, 6.45) is 4.30. The van der Waals surface area contributed by atoms with Crippen LogP contribution in [-0.2, 0) is 0 Å². The van der Waals surface area contributed by atoms with Crippen LogP contribution in [0.1, 0.15) is 47.0 Å². The normalized spacial score (nSPS) is 44.3. The Morgan fingerprint density at radius 2 is 1.22 bits per heavy atom. The Balaban J connectivity index is 1.98. The minimum absolute atomic E-state index is 0.796. The maximum Gasteiger partial charge on any atom is 0.0101 e. The van der Waals surface area contributed by atoms with Crippen LogP contribution in [0.4, 0.5) is 0 Å². The minimum atomic E-state index is 0.796. The summed E-state index contributed by atoms with van der Waals surface area (Å²) in [6, 6.07) is 0.853. The highest BCUT2D eigenvalue weighted by atomic mass is 15.2. The molecule has 0 aromatic rings. The van der Waals surface area contributed by atoms with Crippen molar-refractivity contribution >= 4 is 0 Å². The van der Waals surface area contributed by atoms with Crippen molar-refractivity contribution < 1.29 is 0 Å². The van der Waals surface area contributed by atoms with Crippen molar-refractivity contribution in [2.75, 3.05) is 26.2 Å². The Bertz CT molecular complexity index is 231. The van der Waals surface area contributed by atoms with E-state index in [1.807, 2.05) is 0 Å². The van der Waals surface area contributed by atoms with E-state index in [4.69, 9.17) is 0 Å². The van der Waals surface area contributed by atoms with Gasteiger partial charge >= 0.3 is 0 Å². The lowest BCUT2D eigenvalue weighted by molar-refractivity contribution is 0.0758. The van der Waals surface area contributed by atoms with Gasteiger partial charge in [-0.15, -0.1) is 0 Å². The molecule has 0 bridgehead atoms. The fraction of sp³-hybridized carbons (Fsp3) is 1.00. The smallest absolute Gasteiger partial charge is 0.0101 e. The van der Waals surface area contributed by atoms with E-state index in [9.17, 15) is 0 Å². The Hall–Kier alpha value is -0.0800. The average Bonchev–Trinajstić information content (AvgIpc) is 2.24. The largest absolute Gasteiger partial charge is 0.316 e. The van der Waals surface area contributed by atoms with E-state index in [1.54, 1.807) is 0 Å². The molecule has 18 heavy (non-hydrogen) atoms. The van der Waals surface area contributed by atoms with Crippen LogP contribution in [0, 0.1) is 23.7 Å². The third-order valence-electron chi connectivity index (χ3n) is 4.75. The standard InChI is InChI=1S/C16H32N2/c1-12-5-13(2)7-16(6-12)18-10-14(3)8-17-9-15(4)11-18/h12-17H,5-11H2,1-4H3. The molecule has 0 spiro atoms. The van der Waals surface area contributed by atoms with Gasteiger partial charge in [-0.25, -0.2) is 0 Å². The number of nitrogens with zero attached hydrogens (tertiary/aromatic N) is 1. The molecule has 1 saturated carbocycles. The molecule has 1 N–H and O–H groups in total. The Labute approximate surface area is 114 Å². The molecule has 2 rings (SSSR count). The Morgan fingerprint density at radius 3 is 1.72 bits per heavy atom. The average molecular weight is 252 g/mol. The maximum atomic E-state index is 3.60. The summed E-state index contributed by atoms with van der Waals surface area (Å²) in [4.78, 5) is 2.82. The van der Waals surface area contributed by atoms with Crippen molar-refractivity contribution in [3.05, 3.63) is 0 Å². The van der Waals surface area contributed by atoms with E-state index in [0.29, 0.717) is 0 Å². The van der Waals surface area contributed by atoms with Gasteiger partial charge in [0.2, 0.25) is 0 Å². The van der Waals surface area contributed by atoms with Crippen LogP contribution in [0.15, 0.2) is 0 Å². The first kappa shape index (κ1) is 14.3. The topological polar surface area (TPSA) is 15.3 Å². The summed E-state index contributed by atoms with van der Waals surface area (Å²) >= 11 is 0. The van der Waals surface area contributed by atoms with E-state index in [1.165, 1.54) is 45.4 Å². The maximum absolute atomic E-state index is 3.60. The second-order valence-corrected chi connectivity index (χ2v) is 7.39. The first-order chi connectivity index (χ1) is 8.54. The molecular weight excluding hydrogens is 220 g/mol.